The van der Waals surface area contributed by atoms with E-state index in [1.54, 1.807) is 4.57 Å². The molecule has 0 bridgehead atoms. The summed E-state index contributed by atoms with van der Waals surface area (Å²) in [7, 11) is 1.87. The summed E-state index contributed by atoms with van der Waals surface area (Å²) >= 11 is 0. The highest BCUT2D eigenvalue weighted by Crippen LogP contribution is 2.19. The molecule has 1 rings (SSSR count). The summed E-state index contributed by atoms with van der Waals surface area (Å²) in [5.74, 6) is 1.38. The smallest absolute Gasteiger partial charge is 0.221 e. The van der Waals surface area contributed by atoms with E-state index in [1.807, 2.05) is 7.05 Å². The van der Waals surface area contributed by atoms with Crippen molar-refractivity contribution in [3.05, 3.63) is 5.82 Å². The minimum absolute atomic E-state index is 0.0133. The van der Waals surface area contributed by atoms with Crippen molar-refractivity contribution in [1.29, 1.82) is 0 Å². The van der Waals surface area contributed by atoms with Gasteiger partial charge in [0.15, 0.2) is 0 Å². The number of rotatable bonds is 0. The van der Waals surface area contributed by atoms with Gasteiger partial charge in [-0.25, -0.2) is 0 Å². The number of nitrogen functional groups attached to an aromatic ring is 1. The molecule has 0 radical (unpaired) electrons. The summed E-state index contributed by atoms with van der Waals surface area (Å²) in [6.45, 7) is 6.24. The average molecular weight is 154 g/mol. The Bertz CT molecular complexity index is 256. The van der Waals surface area contributed by atoms with Gasteiger partial charge in [-0.15, -0.1) is 10.2 Å². The van der Waals surface area contributed by atoms with Gasteiger partial charge in [-0.3, -0.25) is 0 Å². The molecular formula is C7H14N4. The lowest BCUT2D eigenvalue weighted by molar-refractivity contribution is 0.521. The highest BCUT2D eigenvalue weighted by molar-refractivity contribution is 5.19. The first-order valence-electron chi connectivity index (χ1n) is 3.58. The number of hydrogen-bond donors (Lipinski definition) is 1. The lowest BCUT2D eigenvalue weighted by Crippen LogP contribution is -2.17. The monoisotopic (exact) mass is 154 g/mol. The second kappa shape index (κ2) is 2.22. The maximum Gasteiger partial charge on any atom is 0.221 e. The van der Waals surface area contributed by atoms with Crippen molar-refractivity contribution in [3.63, 3.8) is 0 Å². The number of nitrogens with zero attached hydrogens (tertiary/aromatic N) is 3. The topological polar surface area (TPSA) is 56.7 Å². The third kappa shape index (κ3) is 1.34. The van der Waals surface area contributed by atoms with Crippen LogP contribution in [0.15, 0.2) is 0 Å². The van der Waals surface area contributed by atoms with Gasteiger partial charge in [0.1, 0.15) is 5.82 Å². The van der Waals surface area contributed by atoms with Crippen molar-refractivity contribution in [3.8, 4) is 0 Å². The fourth-order valence-electron chi connectivity index (χ4n) is 0.994. The lowest BCUT2D eigenvalue weighted by Gasteiger charge is -2.16. The fourth-order valence-corrected chi connectivity index (χ4v) is 0.994. The Hall–Kier alpha value is -1.06. The van der Waals surface area contributed by atoms with Crippen molar-refractivity contribution < 1.29 is 0 Å². The zero-order valence-corrected chi connectivity index (χ0v) is 7.42. The predicted molar refractivity (Wildman–Crippen MR) is 44.1 cm³/mol. The molecular weight excluding hydrogens is 140 g/mol. The largest absolute Gasteiger partial charge is 0.368 e. The van der Waals surface area contributed by atoms with Crippen LogP contribution in [0.3, 0.4) is 0 Å². The molecule has 0 unspecified atom stereocenters. The molecule has 1 aromatic heterocycles. The van der Waals surface area contributed by atoms with E-state index in [4.69, 9.17) is 5.73 Å². The summed E-state index contributed by atoms with van der Waals surface area (Å²) in [4.78, 5) is 0. The Morgan fingerprint density at radius 2 is 1.82 bits per heavy atom. The van der Waals surface area contributed by atoms with Gasteiger partial charge in [-0.05, 0) is 0 Å². The molecule has 62 valence electrons. The number of hydrogen-bond acceptors (Lipinski definition) is 3. The van der Waals surface area contributed by atoms with Crippen LogP contribution in [-0.2, 0) is 12.5 Å². The summed E-state index contributed by atoms with van der Waals surface area (Å²) in [5.41, 5.74) is 5.54. The van der Waals surface area contributed by atoms with E-state index in [9.17, 15) is 0 Å². The molecule has 4 heteroatoms. The summed E-state index contributed by atoms with van der Waals surface area (Å²) in [5, 5.41) is 7.75. The Morgan fingerprint density at radius 1 is 1.27 bits per heavy atom. The summed E-state index contributed by atoms with van der Waals surface area (Å²) in [6, 6.07) is 0. The van der Waals surface area contributed by atoms with E-state index in [1.165, 1.54) is 0 Å². The summed E-state index contributed by atoms with van der Waals surface area (Å²) < 4.78 is 1.81. The predicted octanol–water partition coefficient (Wildman–Crippen LogP) is 0.695. The molecule has 0 fully saturated rings. The van der Waals surface area contributed by atoms with Gasteiger partial charge in [0, 0.05) is 12.5 Å². The maximum atomic E-state index is 5.53. The molecule has 2 N–H and O–H groups in total. The standard InChI is InChI=1S/C7H14N4/c1-7(2,3)5-9-10-6(8)11(5)4/h1-4H3,(H2,8,10). The molecule has 0 aromatic carbocycles. The van der Waals surface area contributed by atoms with Crippen LogP contribution in [0.4, 0.5) is 5.95 Å². The van der Waals surface area contributed by atoms with Gasteiger partial charge in [-0.1, -0.05) is 20.8 Å². The highest BCUT2D eigenvalue weighted by atomic mass is 15.3. The first kappa shape index (κ1) is 8.04. The Morgan fingerprint density at radius 3 is 2.00 bits per heavy atom. The van der Waals surface area contributed by atoms with Gasteiger partial charge >= 0.3 is 0 Å². The first-order chi connectivity index (χ1) is 4.93. The van der Waals surface area contributed by atoms with Crippen LogP contribution in [-0.4, -0.2) is 14.8 Å². The van der Waals surface area contributed by atoms with Crippen molar-refractivity contribution in [1.82, 2.24) is 14.8 Å². The molecule has 11 heavy (non-hydrogen) atoms. The van der Waals surface area contributed by atoms with Crippen molar-refractivity contribution in [2.75, 3.05) is 5.73 Å². The van der Waals surface area contributed by atoms with Crippen LogP contribution in [0, 0.1) is 0 Å². The second-order valence-electron chi connectivity index (χ2n) is 3.69. The van der Waals surface area contributed by atoms with E-state index in [0.29, 0.717) is 5.95 Å². The number of aromatic nitrogens is 3. The van der Waals surface area contributed by atoms with Gasteiger partial charge in [0.2, 0.25) is 5.95 Å². The SMILES string of the molecule is Cn1c(N)nnc1C(C)(C)C. The molecule has 0 saturated heterocycles. The molecule has 4 nitrogen and oxygen atoms in total. The second-order valence-corrected chi connectivity index (χ2v) is 3.69. The molecule has 0 saturated carbocycles. The molecule has 1 heterocycles. The van der Waals surface area contributed by atoms with E-state index in [0.717, 1.165) is 5.82 Å². The van der Waals surface area contributed by atoms with E-state index < -0.39 is 0 Å². The normalized spacial score (nSPS) is 12.0. The van der Waals surface area contributed by atoms with Crippen LogP contribution in [0.1, 0.15) is 26.6 Å². The van der Waals surface area contributed by atoms with Gasteiger partial charge in [-0.2, -0.15) is 0 Å². The fraction of sp³-hybridized carbons (Fsp3) is 0.714. The lowest BCUT2D eigenvalue weighted by atomic mass is 9.96. The van der Waals surface area contributed by atoms with Crippen molar-refractivity contribution in [2.24, 2.45) is 7.05 Å². The van der Waals surface area contributed by atoms with E-state index >= 15 is 0 Å². The van der Waals surface area contributed by atoms with E-state index in [-0.39, 0.29) is 5.41 Å². The van der Waals surface area contributed by atoms with Crippen LogP contribution >= 0.6 is 0 Å². The number of nitrogens with two attached hydrogens (primary N) is 1. The minimum Gasteiger partial charge on any atom is -0.368 e. The zero-order valence-electron chi connectivity index (χ0n) is 7.42. The molecule has 0 aliphatic carbocycles. The maximum absolute atomic E-state index is 5.53. The Labute approximate surface area is 66.4 Å². The summed E-state index contributed by atoms with van der Waals surface area (Å²) in [6.07, 6.45) is 0. The van der Waals surface area contributed by atoms with Crippen molar-refractivity contribution >= 4 is 5.95 Å². The van der Waals surface area contributed by atoms with Crippen LogP contribution in [0.25, 0.3) is 0 Å². The Balaban J connectivity index is 3.15. The average Bonchev–Trinajstić information content (AvgIpc) is 2.11. The molecule has 0 spiro atoms. The van der Waals surface area contributed by atoms with Crippen molar-refractivity contribution in [2.45, 2.75) is 26.2 Å². The molecule has 1 aromatic rings. The van der Waals surface area contributed by atoms with Crippen LogP contribution in [0.2, 0.25) is 0 Å². The number of anilines is 1. The van der Waals surface area contributed by atoms with E-state index in [2.05, 4.69) is 31.0 Å². The third-order valence-corrected chi connectivity index (χ3v) is 1.58. The van der Waals surface area contributed by atoms with Gasteiger partial charge in [0.05, 0.1) is 0 Å². The molecule has 0 atom stereocenters. The minimum atomic E-state index is 0.0133. The highest BCUT2D eigenvalue weighted by Gasteiger charge is 2.20. The van der Waals surface area contributed by atoms with Gasteiger partial charge in [0.25, 0.3) is 0 Å². The molecule has 0 amide bonds. The van der Waals surface area contributed by atoms with Gasteiger partial charge < -0.3 is 10.3 Å². The van der Waals surface area contributed by atoms with Crippen LogP contribution in [0.5, 0.6) is 0 Å². The third-order valence-electron chi connectivity index (χ3n) is 1.58. The zero-order chi connectivity index (χ0) is 8.65. The molecule has 0 aliphatic rings. The molecule has 0 aliphatic heterocycles. The first-order valence-corrected chi connectivity index (χ1v) is 3.58. The quantitative estimate of drug-likeness (QED) is 0.598. The van der Waals surface area contributed by atoms with Crippen LogP contribution < -0.4 is 5.73 Å². The Kier molecular flexibility index (Phi) is 1.62.